The first-order valence-electron chi connectivity index (χ1n) is 9.59. The van der Waals surface area contributed by atoms with Gasteiger partial charge in [-0.05, 0) is 23.8 Å². The monoisotopic (exact) mass is 413 g/mol. The number of fused-ring (bicyclic) bond motifs is 2. The minimum Gasteiger partial charge on any atom is -0.497 e. The van der Waals surface area contributed by atoms with Gasteiger partial charge in [-0.1, -0.05) is 60.3 Å². The number of hydrogen-bond donors (Lipinski definition) is 2. The van der Waals surface area contributed by atoms with E-state index in [2.05, 4.69) is 15.0 Å². The molecule has 0 fully saturated rings. The standard InChI is InChI=1S/C24H19N3O2S/c1-29-16-11-12-19-20(13-16)27-24(26-19)30-14-21(28)22-17-9-5-6-10-18(17)25-23(22)15-7-3-2-4-8-15/h2-13,25H,14H2,1H3,(H,26,27). The van der Waals surface area contributed by atoms with E-state index in [1.807, 2.05) is 72.8 Å². The molecule has 0 unspecified atom stereocenters. The lowest BCUT2D eigenvalue weighted by Crippen LogP contribution is -2.04. The van der Waals surface area contributed by atoms with E-state index in [0.717, 1.165) is 44.5 Å². The first-order chi connectivity index (χ1) is 14.7. The lowest BCUT2D eigenvalue weighted by atomic mass is 10.0. The summed E-state index contributed by atoms with van der Waals surface area (Å²) in [4.78, 5) is 24.6. The third-order valence-electron chi connectivity index (χ3n) is 5.05. The molecule has 0 radical (unpaired) electrons. The fraction of sp³-hybridized carbons (Fsp3) is 0.0833. The molecule has 5 rings (SSSR count). The van der Waals surface area contributed by atoms with Crippen LogP contribution in [-0.4, -0.2) is 33.6 Å². The van der Waals surface area contributed by atoms with Crippen LogP contribution in [0.2, 0.25) is 0 Å². The van der Waals surface area contributed by atoms with Crippen molar-refractivity contribution in [3.63, 3.8) is 0 Å². The van der Waals surface area contributed by atoms with Crippen LogP contribution in [0.15, 0.2) is 78.0 Å². The number of H-pyrrole nitrogens is 2. The van der Waals surface area contributed by atoms with Crippen molar-refractivity contribution in [2.75, 3.05) is 12.9 Å². The molecule has 30 heavy (non-hydrogen) atoms. The Morgan fingerprint density at radius 3 is 2.60 bits per heavy atom. The van der Waals surface area contributed by atoms with Crippen molar-refractivity contribution in [2.24, 2.45) is 0 Å². The molecule has 0 aliphatic heterocycles. The molecule has 148 valence electrons. The van der Waals surface area contributed by atoms with Crippen molar-refractivity contribution >= 4 is 39.5 Å². The van der Waals surface area contributed by atoms with E-state index in [4.69, 9.17) is 4.74 Å². The number of ketones is 1. The Bertz CT molecular complexity index is 1360. The maximum Gasteiger partial charge on any atom is 0.175 e. The molecule has 0 saturated heterocycles. The number of carbonyl (C=O) groups excluding carboxylic acids is 1. The van der Waals surface area contributed by atoms with E-state index in [1.165, 1.54) is 11.8 Å². The number of methoxy groups -OCH3 is 1. The topological polar surface area (TPSA) is 70.8 Å². The number of benzene rings is 3. The second kappa shape index (κ2) is 7.72. The summed E-state index contributed by atoms with van der Waals surface area (Å²) in [6.45, 7) is 0. The van der Waals surface area contributed by atoms with Crippen molar-refractivity contribution in [1.82, 2.24) is 15.0 Å². The number of thioether (sulfide) groups is 1. The van der Waals surface area contributed by atoms with Crippen molar-refractivity contribution in [2.45, 2.75) is 5.16 Å². The molecule has 0 aliphatic carbocycles. The zero-order chi connectivity index (χ0) is 20.5. The van der Waals surface area contributed by atoms with Gasteiger partial charge in [-0.3, -0.25) is 4.79 Å². The van der Waals surface area contributed by atoms with Crippen LogP contribution in [0.25, 0.3) is 33.2 Å². The van der Waals surface area contributed by atoms with Gasteiger partial charge >= 0.3 is 0 Å². The van der Waals surface area contributed by atoms with Crippen molar-refractivity contribution in [3.05, 3.63) is 78.4 Å². The summed E-state index contributed by atoms with van der Waals surface area (Å²) in [5, 5.41) is 1.66. The molecule has 0 aliphatic rings. The molecule has 5 nitrogen and oxygen atoms in total. The van der Waals surface area contributed by atoms with Gasteiger partial charge in [0, 0.05) is 17.0 Å². The van der Waals surface area contributed by atoms with Gasteiger partial charge in [0.15, 0.2) is 10.9 Å². The van der Waals surface area contributed by atoms with Gasteiger partial charge in [0.1, 0.15) is 5.75 Å². The van der Waals surface area contributed by atoms with Crippen LogP contribution in [-0.2, 0) is 0 Å². The second-order valence-electron chi connectivity index (χ2n) is 6.92. The first kappa shape index (κ1) is 18.5. The smallest absolute Gasteiger partial charge is 0.175 e. The van der Waals surface area contributed by atoms with Crippen LogP contribution in [0.4, 0.5) is 0 Å². The zero-order valence-corrected chi connectivity index (χ0v) is 17.1. The van der Waals surface area contributed by atoms with Crippen LogP contribution in [0.5, 0.6) is 5.75 Å². The summed E-state index contributed by atoms with van der Waals surface area (Å²) < 4.78 is 5.26. The minimum atomic E-state index is 0.0642. The summed E-state index contributed by atoms with van der Waals surface area (Å²) in [6.07, 6.45) is 0. The van der Waals surface area contributed by atoms with Gasteiger partial charge in [-0.2, -0.15) is 0 Å². The van der Waals surface area contributed by atoms with Gasteiger partial charge < -0.3 is 14.7 Å². The molecular weight excluding hydrogens is 394 g/mol. The number of para-hydroxylation sites is 1. The molecule has 0 amide bonds. The van der Waals surface area contributed by atoms with Gasteiger partial charge in [0.05, 0.1) is 35.2 Å². The predicted octanol–water partition coefficient (Wildman–Crippen LogP) is 5.69. The molecule has 6 heteroatoms. The third kappa shape index (κ3) is 3.35. The van der Waals surface area contributed by atoms with Gasteiger partial charge in [0.25, 0.3) is 0 Å². The number of carbonyl (C=O) groups is 1. The van der Waals surface area contributed by atoms with Gasteiger partial charge in [-0.25, -0.2) is 4.98 Å². The summed E-state index contributed by atoms with van der Waals surface area (Å²) in [5.41, 5.74) is 5.28. The Morgan fingerprint density at radius 2 is 1.77 bits per heavy atom. The molecular formula is C24H19N3O2S. The maximum atomic E-state index is 13.3. The Kier molecular flexibility index (Phi) is 4.77. The largest absolute Gasteiger partial charge is 0.497 e. The number of aromatic amines is 2. The molecule has 3 aromatic carbocycles. The third-order valence-corrected chi connectivity index (χ3v) is 5.93. The number of aromatic nitrogens is 3. The number of Topliss-reactive ketones (excluding diaryl/α,β-unsaturated/α-hetero) is 1. The van der Waals surface area contributed by atoms with E-state index < -0.39 is 0 Å². The molecule has 2 heterocycles. The van der Waals surface area contributed by atoms with Crippen LogP contribution >= 0.6 is 11.8 Å². The highest BCUT2D eigenvalue weighted by atomic mass is 32.2. The fourth-order valence-electron chi connectivity index (χ4n) is 3.62. The maximum absolute atomic E-state index is 13.3. The number of hydrogen-bond acceptors (Lipinski definition) is 4. The number of rotatable bonds is 6. The predicted molar refractivity (Wildman–Crippen MR) is 121 cm³/mol. The number of ether oxygens (including phenoxy) is 1. The Balaban J connectivity index is 1.46. The fourth-order valence-corrected chi connectivity index (χ4v) is 4.38. The Morgan fingerprint density at radius 1 is 0.967 bits per heavy atom. The second-order valence-corrected chi connectivity index (χ2v) is 7.89. The van der Waals surface area contributed by atoms with Crippen LogP contribution < -0.4 is 4.74 Å². The van der Waals surface area contributed by atoms with Gasteiger partial charge in [0.2, 0.25) is 0 Å². The highest BCUT2D eigenvalue weighted by Crippen LogP contribution is 2.32. The molecule has 0 spiro atoms. The first-order valence-corrected chi connectivity index (χ1v) is 10.6. The number of nitrogens with one attached hydrogen (secondary N) is 2. The van der Waals surface area contributed by atoms with E-state index in [1.54, 1.807) is 7.11 Å². The van der Waals surface area contributed by atoms with Crippen molar-refractivity contribution in [1.29, 1.82) is 0 Å². The summed E-state index contributed by atoms with van der Waals surface area (Å²) in [7, 11) is 1.64. The summed E-state index contributed by atoms with van der Waals surface area (Å²) in [6, 6.07) is 23.6. The van der Waals surface area contributed by atoms with Crippen LogP contribution in [0.3, 0.4) is 0 Å². The van der Waals surface area contributed by atoms with Crippen LogP contribution in [0.1, 0.15) is 10.4 Å². The normalized spacial score (nSPS) is 11.2. The Labute approximate surface area is 177 Å². The summed E-state index contributed by atoms with van der Waals surface area (Å²) >= 11 is 1.41. The van der Waals surface area contributed by atoms with Gasteiger partial charge in [-0.15, -0.1) is 0 Å². The quantitative estimate of drug-likeness (QED) is 0.277. The average Bonchev–Trinajstić information content (AvgIpc) is 3.38. The zero-order valence-electron chi connectivity index (χ0n) is 16.3. The molecule has 2 N–H and O–H groups in total. The minimum absolute atomic E-state index is 0.0642. The summed E-state index contributed by atoms with van der Waals surface area (Å²) in [5.74, 6) is 1.12. The molecule has 0 atom stereocenters. The molecule has 5 aromatic rings. The van der Waals surface area contributed by atoms with Crippen molar-refractivity contribution < 1.29 is 9.53 Å². The molecule has 0 saturated carbocycles. The van der Waals surface area contributed by atoms with E-state index in [0.29, 0.717) is 10.9 Å². The van der Waals surface area contributed by atoms with E-state index in [9.17, 15) is 4.79 Å². The van der Waals surface area contributed by atoms with Crippen LogP contribution in [0, 0.1) is 0 Å². The average molecular weight is 414 g/mol. The van der Waals surface area contributed by atoms with E-state index in [-0.39, 0.29) is 5.78 Å². The number of imidazole rings is 1. The number of nitrogens with zero attached hydrogens (tertiary/aromatic N) is 1. The lowest BCUT2D eigenvalue weighted by molar-refractivity contribution is 0.102. The van der Waals surface area contributed by atoms with E-state index >= 15 is 0 Å². The Hall–Kier alpha value is -3.51. The molecule has 2 aromatic heterocycles. The highest BCUT2D eigenvalue weighted by molar-refractivity contribution is 7.99. The lowest BCUT2D eigenvalue weighted by Gasteiger charge is -2.04. The molecule has 0 bridgehead atoms. The van der Waals surface area contributed by atoms with Crippen molar-refractivity contribution in [3.8, 4) is 17.0 Å². The highest BCUT2D eigenvalue weighted by Gasteiger charge is 2.20. The SMILES string of the molecule is COc1ccc2nc(SCC(=O)c3c(-c4ccccc4)[nH]c4ccccc34)[nH]c2c1.